The van der Waals surface area contributed by atoms with Gasteiger partial charge in [-0.15, -0.1) is 0 Å². The minimum atomic E-state index is -3.15. The zero-order valence-corrected chi connectivity index (χ0v) is 9.99. The third-order valence-electron chi connectivity index (χ3n) is 2.16. The molecule has 0 aliphatic rings. The Bertz CT molecular complexity index is 558. The van der Waals surface area contributed by atoms with Gasteiger partial charge in [0, 0.05) is 6.07 Å². The molecule has 0 bridgehead atoms. The van der Waals surface area contributed by atoms with E-state index in [9.17, 15) is 23.3 Å². The number of rotatable bonds is 5. The number of carboxylic acid groups (broad SMARTS) is 1. The molecule has 0 aliphatic heterocycles. The van der Waals surface area contributed by atoms with Crippen molar-refractivity contribution in [3.8, 4) is 0 Å². The molecule has 9 heteroatoms. The van der Waals surface area contributed by atoms with E-state index in [1.54, 1.807) is 0 Å². The summed E-state index contributed by atoms with van der Waals surface area (Å²) in [5.41, 5.74) is -0.771. The van der Waals surface area contributed by atoms with Gasteiger partial charge < -0.3 is 5.11 Å². The van der Waals surface area contributed by atoms with Crippen molar-refractivity contribution in [3.63, 3.8) is 0 Å². The fraction of sp³-hybridized carbons (Fsp3) is 0.222. The van der Waals surface area contributed by atoms with E-state index in [2.05, 4.69) is 4.18 Å². The summed E-state index contributed by atoms with van der Waals surface area (Å²) in [4.78, 5) is 20.7. The van der Waals surface area contributed by atoms with Gasteiger partial charge in [0.05, 0.1) is 16.1 Å². The van der Waals surface area contributed by atoms with Crippen molar-refractivity contribution in [1.82, 2.24) is 0 Å². The second-order valence-corrected chi connectivity index (χ2v) is 3.97. The van der Waals surface area contributed by atoms with Crippen LogP contribution in [0, 0.1) is 10.1 Å². The molecule has 0 saturated carbocycles. The Balaban J connectivity index is 3.27. The van der Waals surface area contributed by atoms with Crippen molar-refractivity contribution in [2.45, 2.75) is 13.0 Å². The van der Waals surface area contributed by atoms with E-state index < -0.39 is 33.7 Å². The van der Waals surface area contributed by atoms with E-state index in [1.165, 1.54) is 6.92 Å². The molecule has 0 heterocycles. The molecule has 1 aromatic rings. The van der Waals surface area contributed by atoms with Crippen molar-refractivity contribution in [2.24, 2.45) is 0 Å². The van der Waals surface area contributed by atoms with Crippen LogP contribution < -0.4 is 0 Å². The quantitative estimate of drug-likeness (QED) is 0.464. The summed E-state index contributed by atoms with van der Waals surface area (Å²) in [7, 11) is -3.15. The Morgan fingerprint density at radius 2 is 2.11 bits per heavy atom. The topological polar surface area (TPSA) is 124 Å². The Labute approximate surface area is 103 Å². The Morgan fingerprint density at radius 1 is 1.50 bits per heavy atom. The highest BCUT2D eigenvalue weighted by Crippen LogP contribution is 2.28. The van der Waals surface area contributed by atoms with Gasteiger partial charge in [0.25, 0.3) is 16.7 Å². The Hall–Kier alpha value is -2.00. The van der Waals surface area contributed by atoms with E-state index >= 15 is 0 Å². The number of nitrogens with zero attached hydrogens (tertiary/aromatic N) is 1. The largest absolute Gasteiger partial charge is 0.478 e. The van der Waals surface area contributed by atoms with Crippen LogP contribution in [0.25, 0.3) is 0 Å². The summed E-state index contributed by atoms with van der Waals surface area (Å²) in [6.45, 7) is 1.31. The zero-order chi connectivity index (χ0) is 13.9. The number of nitro groups is 1. The molecular formula is C9H9NO7S. The van der Waals surface area contributed by atoms with Gasteiger partial charge in [0.1, 0.15) is 6.10 Å². The van der Waals surface area contributed by atoms with E-state index in [1.807, 2.05) is 0 Å². The summed E-state index contributed by atoms with van der Waals surface area (Å²) in [6, 6.07) is 3.16. The van der Waals surface area contributed by atoms with Crippen LogP contribution >= 0.6 is 0 Å². The van der Waals surface area contributed by atoms with E-state index in [-0.39, 0.29) is 11.1 Å². The first-order valence-corrected chi connectivity index (χ1v) is 5.75. The lowest BCUT2D eigenvalue weighted by atomic mass is 10.1. The number of hydrogen-bond donors (Lipinski definition) is 2. The van der Waals surface area contributed by atoms with Crippen LogP contribution in [0.15, 0.2) is 18.2 Å². The summed E-state index contributed by atoms with van der Waals surface area (Å²) in [5, 5.41) is 19.5. The molecule has 98 valence electrons. The molecule has 0 saturated heterocycles. The van der Waals surface area contributed by atoms with Gasteiger partial charge in [-0.3, -0.25) is 14.3 Å². The number of hydrogen-bond acceptors (Lipinski definition) is 6. The molecule has 0 aromatic heterocycles. The molecule has 0 radical (unpaired) electrons. The van der Waals surface area contributed by atoms with Crippen LogP contribution in [0.1, 0.15) is 28.9 Å². The summed E-state index contributed by atoms with van der Waals surface area (Å²) in [5.74, 6) is -1.31. The minimum absolute atomic E-state index is 0.01000. The molecule has 0 spiro atoms. The molecule has 1 atom stereocenters. The van der Waals surface area contributed by atoms with Crippen LogP contribution in [-0.2, 0) is 15.2 Å². The van der Waals surface area contributed by atoms with Gasteiger partial charge >= 0.3 is 5.97 Å². The predicted molar refractivity (Wildman–Crippen MR) is 59.9 cm³/mol. The highest BCUT2D eigenvalue weighted by molar-refractivity contribution is 7.67. The van der Waals surface area contributed by atoms with Gasteiger partial charge in [0.15, 0.2) is 0 Å². The number of nitro benzene ring substituents is 1. The van der Waals surface area contributed by atoms with E-state index in [0.29, 0.717) is 0 Å². The summed E-state index contributed by atoms with van der Waals surface area (Å²) < 4.78 is 25.2. The van der Waals surface area contributed by atoms with E-state index in [4.69, 9.17) is 5.11 Å². The number of carbonyl (C=O) groups is 1. The standard InChI is InChI=1S/C9H9NO7S/c1-5(17-18(15)16)7-3-2-6(9(11)12)4-8(7)10(13)14/h2-5,18H,1H3,(H,11,12). The van der Waals surface area contributed by atoms with Crippen molar-refractivity contribution in [1.29, 1.82) is 0 Å². The van der Waals surface area contributed by atoms with Gasteiger partial charge in [-0.05, 0) is 19.1 Å². The van der Waals surface area contributed by atoms with Gasteiger partial charge in [-0.1, -0.05) is 0 Å². The Morgan fingerprint density at radius 3 is 2.56 bits per heavy atom. The third-order valence-corrected chi connectivity index (χ3v) is 2.64. The summed E-state index contributed by atoms with van der Waals surface area (Å²) in [6.07, 6.45) is -1.06. The van der Waals surface area contributed by atoms with E-state index in [0.717, 1.165) is 18.2 Å². The van der Waals surface area contributed by atoms with Crippen LogP contribution in [-0.4, -0.2) is 24.4 Å². The average molecular weight is 275 g/mol. The first-order chi connectivity index (χ1) is 8.32. The maximum absolute atomic E-state index is 10.8. The van der Waals surface area contributed by atoms with Gasteiger partial charge in [0.2, 0.25) is 0 Å². The first-order valence-electron chi connectivity index (χ1n) is 4.65. The number of thiol groups is 1. The maximum Gasteiger partial charge on any atom is 0.335 e. The van der Waals surface area contributed by atoms with Crippen LogP contribution in [0.5, 0.6) is 0 Å². The highest BCUT2D eigenvalue weighted by Gasteiger charge is 2.22. The minimum Gasteiger partial charge on any atom is -0.478 e. The van der Waals surface area contributed by atoms with Crippen LogP contribution in [0.3, 0.4) is 0 Å². The van der Waals surface area contributed by atoms with Crippen molar-refractivity contribution >= 4 is 22.6 Å². The molecule has 18 heavy (non-hydrogen) atoms. The molecule has 1 unspecified atom stereocenters. The number of benzene rings is 1. The molecule has 1 N–H and O–H groups in total. The van der Waals surface area contributed by atoms with Crippen LogP contribution in [0.2, 0.25) is 0 Å². The molecule has 1 aromatic carbocycles. The average Bonchev–Trinajstić information content (AvgIpc) is 2.26. The smallest absolute Gasteiger partial charge is 0.335 e. The lowest BCUT2D eigenvalue weighted by Crippen LogP contribution is -2.05. The molecule has 0 amide bonds. The number of aromatic carboxylic acids is 1. The normalized spacial score (nSPS) is 12.3. The van der Waals surface area contributed by atoms with Crippen molar-refractivity contribution in [2.75, 3.05) is 0 Å². The fourth-order valence-corrected chi connectivity index (χ4v) is 1.74. The Kier molecular flexibility index (Phi) is 4.34. The molecule has 1 rings (SSSR count). The molecule has 0 fully saturated rings. The molecule has 0 aliphatic carbocycles. The SMILES string of the molecule is CC(O[SH](=O)=O)c1ccc(C(=O)O)cc1[N+](=O)[O-]. The fourth-order valence-electron chi connectivity index (χ4n) is 1.36. The molecule has 8 nitrogen and oxygen atoms in total. The zero-order valence-electron chi connectivity index (χ0n) is 9.10. The second-order valence-electron chi connectivity index (χ2n) is 3.31. The van der Waals surface area contributed by atoms with Crippen LogP contribution in [0.4, 0.5) is 5.69 Å². The monoisotopic (exact) mass is 275 g/mol. The predicted octanol–water partition coefficient (Wildman–Crippen LogP) is 0.897. The first kappa shape index (κ1) is 14.1. The summed E-state index contributed by atoms with van der Waals surface area (Å²) >= 11 is 0. The lowest BCUT2D eigenvalue weighted by Gasteiger charge is -2.09. The maximum atomic E-state index is 10.8. The highest BCUT2D eigenvalue weighted by atomic mass is 32.2. The lowest BCUT2D eigenvalue weighted by molar-refractivity contribution is -0.386. The van der Waals surface area contributed by atoms with Gasteiger partial charge in [-0.2, -0.15) is 0 Å². The number of carboxylic acids is 1. The van der Waals surface area contributed by atoms with Crippen molar-refractivity contribution < 1.29 is 27.4 Å². The third kappa shape index (κ3) is 3.25. The van der Waals surface area contributed by atoms with Gasteiger partial charge in [-0.25, -0.2) is 13.2 Å². The second kappa shape index (κ2) is 5.56. The molecular weight excluding hydrogens is 266 g/mol. The van der Waals surface area contributed by atoms with Crippen molar-refractivity contribution in [3.05, 3.63) is 39.4 Å².